The third-order valence-electron chi connectivity index (χ3n) is 9.80. The van der Waals surface area contributed by atoms with Crippen LogP contribution in [0.1, 0.15) is 116 Å². The molecule has 4 nitrogen and oxygen atoms in total. The molecular weight excluding hydrogens is 436 g/mol. The first-order chi connectivity index (χ1) is 16.8. The molecule has 4 heteroatoms. The number of unbranched alkanes of at least 4 members (excludes halogenated alkanes) is 2. The maximum atomic E-state index is 6.97. The number of ether oxygens (including phenoxy) is 2. The van der Waals surface area contributed by atoms with Crippen molar-refractivity contribution in [3.8, 4) is 5.75 Å². The lowest BCUT2D eigenvalue weighted by molar-refractivity contribution is -0.390. The van der Waals surface area contributed by atoms with Crippen LogP contribution in [0, 0.1) is 29.1 Å². The molecule has 6 fully saturated rings. The highest BCUT2D eigenvalue weighted by atomic mass is 17.3. The maximum absolute atomic E-state index is 6.97. The fourth-order valence-electron chi connectivity index (χ4n) is 8.22. The van der Waals surface area contributed by atoms with Gasteiger partial charge in [0.15, 0.2) is 0 Å². The number of benzene rings is 1. The molecule has 0 amide bonds. The lowest BCUT2D eigenvalue weighted by Gasteiger charge is -2.57. The Kier molecular flexibility index (Phi) is 6.46. The van der Waals surface area contributed by atoms with Crippen molar-refractivity contribution in [2.45, 2.75) is 122 Å². The van der Waals surface area contributed by atoms with Gasteiger partial charge in [0.2, 0.25) is 11.6 Å². The third-order valence-corrected chi connectivity index (χ3v) is 9.80. The zero-order valence-electron chi connectivity index (χ0n) is 22.2. The lowest BCUT2D eigenvalue weighted by atomic mass is 9.53. The molecule has 35 heavy (non-hydrogen) atoms. The van der Waals surface area contributed by atoms with Crippen LogP contribution in [0.4, 0.5) is 0 Å². The van der Waals surface area contributed by atoms with E-state index in [0.717, 1.165) is 49.9 Å². The van der Waals surface area contributed by atoms with Crippen LogP contribution >= 0.6 is 0 Å². The highest BCUT2D eigenvalue weighted by Crippen LogP contribution is 2.64. The Bertz CT molecular complexity index is 843. The first kappa shape index (κ1) is 24.2. The first-order valence-electron chi connectivity index (χ1n) is 14.6. The molecule has 6 aliphatic rings. The monoisotopic (exact) mass is 482 g/mol. The summed E-state index contributed by atoms with van der Waals surface area (Å²) in [6.45, 7) is 7.76. The molecule has 1 saturated heterocycles. The second-order valence-corrected chi connectivity index (χ2v) is 13.8. The van der Waals surface area contributed by atoms with E-state index >= 15 is 0 Å². The van der Waals surface area contributed by atoms with Gasteiger partial charge in [-0.2, -0.15) is 9.78 Å². The molecule has 1 aromatic rings. The van der Waals surface area contributed by atoms with E-state index in [4.69, 9.17) is 19.2 Å². The summed E-state index contributed by atoms with van der Waals surface area (Å²) in [5.41, 5.74) is 1.81. The van der Waals surface area contributed by atoms with E-state index in [1.54, 1.807) is 0 Å². The van der Waals surface area contributed by atoms with Gasteiger partial charge in [0.25, 0.3) is 0 Å². The molecule has 4 bridgehead atoms. The summed E-state index contributed by atoms with van der Waals surface area (Å²) in [7, 11) is 0. The van der Waals surface area contributed by atoms with E-state index < -0.39 is 11.6 Å². The van der Waals surface area contributed by atoms with Gasteiger partial charge in [0.1, 0.15) is 5.75 Å². The molecule has 1 aromatic carbocycles. The van der Waals surface area contributed by atoms with Gasteiger partial charge in [-0.1, -0.05) is 45.7 Å². The van der Waals surface area contributed by atoms with Crippen molar-refractivity contribution in [1.82, 2.24) is 0 Å². The number of rotatable bonds is 7. The summed E-state index contributed by atoms with van der Waals surface area (Å²) < 4.78 is 13.0. The summed E-state index contributed by atoms with van der Waals surface area (Å²) in [4.78, 5) is 12.5. The van der Waals surface area contributed by atoms with Crippen molar-refractivity contribution < 1.29 is 19.2 Å². The van der Waals surface area contributed by atoms with Gasteiger partial charge in [-0.25, -0.2) is 0 Å². The minimum absolute atomic E-state index is 0.436. The van der Waals surface area contributed by atoms with Gasteiger partial charge in [0.05, 0.1) is 6.61 Å². The number of hydrogen-bond acceptors (Lipinski definition) is 4. The predicted molar refractivity (Wildman–Crippen MR) is 137 cm³/mol. The average molecular weight is 483 g/mol. The van der Waals surface area contributed by atoms with Crippen molar-refractivity contribution >= 4 is 0 Å². The minimum Gasteiger partial charge on any atom is -0.494 e. The zero-order valence-corrected chi connectivity index (χ0v) is 22.2. The van der Waals surface area contributed by atoms with Gasteiger partial charge in [-0.05, 0) is 98.7 Å². The number of hydrogen-bond donors (Lipinski definition) is 0. The summed E-state index contributed by atoms with van der Waals surface area (Å²) >= 11 is 0. The van der Waals surface area contributed by atoms with Gasteiger partial charge in [-0.15, -0.1) is 0 Å². The fraction of sp³-hybridized carbons (Fsp3) is 0.806. The summed E-state index contributed by atoms with van der Waals surface area (Å²) in [6.07, 6.45) is 15.6. The predicted octanol–water partition coefficient (Wildman–Crippen LogP) is 8.16. The van der Waals surface area contributed by atoms with Crippen LogP contribution in [0.15, 0.2) is 24.3 Å². The maximum Gasteiger partial charge on any atom is 0.210 e. The van der Waals surface area contributed by atoms with Crippen molar-refractivity contribution in [3.05, 3.63) is 29.8 Å². The van der Waals surface area contributed by atoms with E-state index in [2.05, 4.69) is 45.0 Å². The second-order valence-electron chi connectivity index (χ2n) is 13.8. The smallest absolute Gasteiger partial charge is 0.210 e. The zero-order chi connectivity index (χ0) is 24.1. The highest BCUT2D eigenvalue weighted by molar-refractivity contribution is 5.30. The Morgan fingerprint density at radius 2 is 1.60 bits per heavy atom. The van der Waals surface area contributed by atoms with Crippen LogP contribution in [-0.2, 0) is 14.5 Å². The molecule has 0 aromatic heterocycles. The van der Waals surface area contributed by atoms with Gasteiger partial charge < -0.3 is 9.47 Å². The van der Waals surface area contributed by atoms with E-state index in [9.17, 15) is 0 Å². The molecule has 0 unspecified atom stereocenters. The van der Waals surface area contributed by atoms with Crippen LogP contribution in [-0.4, -0.2) is 18.2 Å². The molecule has 194 valence electrons. The molecule has 5 saturated carbocycles. The van der Waals surface area contributed by atoms with Crippen molar-refractivity contribution in [3.63, 3.8) is 0 Å². The lowest BCUT2D eigenvalue weighted by Crippen LogP contribution is -2.59. The molecule has 1 heterocycles. The van der Waals surface area contributed by atoms with Crippen LogP contribution in [0.25, 0.3) is 0 Å². The molecule has 2 spiro atoms. The standard InChI is InChI=1S/C31H46O4/c1-29(2,3)13-5-4-6-15-32-28-11-9-24(10-12-28)25-8-7-14-30(21-25)33-31(35-34-30)26-17-22-16-23(19-26)20-27(31)18-22/h9-12,22-23,25-27H,4-8,13-21H2,1-3H3/t22?,23?,25-,26?,27?,30-,31?/m1/s1. The quantitative estimate of drug-likeness (QED) is 0.290. The van der Waals surface area contributed by atoms with Crippen LogP contribution < -0.4 is 4.74 Å². The SMILES string of the molecule is CC(C)(C)CCCCCOc1ccc([C@@H]2CCC[C@]3(C2)OOC2(O3)C3CC4CC(C3)CC2C4)cc1. The van der Waals surface area contributed by atoms with Crippen molar-refractivity contribution in [1.29, 1.82) is 0 Å². The van der Waals surface area contributed by atoms with Crippen LogP contribution in [0.2, 0.25) is 0 Å². The highest BCUT2D eigenvalue weighted by Gasteiger charge is 2.67. The fourth-order valence-corrected chi connectivity index (χ4v) is 8.22. The third kappa shape index (κ3) is 4.92. The van der Waals surface area contributed by atoms with E-state index in [0.29, 0.717) is 23.2 Å². The summed E-state index contributed by atoms with van der Waals surface area (Å²) in [6, 6.07) is 8.82. The van der Waals surface area contributed by atoms with Gasteiger partial charge in [0, 0.05) is 24.7 Å². The molecule has 2 atom stereocenters. The molecule has 7 rings (SSSR count). The summed E-state index contributed by atoms with van der Waals surface area (Å²) in [5, 5.41) is 0. The van der Waals surface area contributed by atoms with E-state index in [-0.39, 0.29) is 0 Å². The van der Waals surface area contributed by atoms with Gasteiger partial charge >= 0.3 is 0 Å². The van der Waals surface area contributed by atoms with Crippen molar-refractivity contribution in [2.24, 2.45) is 29.1 Å². The average Bonchev–Trinajstić information content (AvgIpc) is 3.18. The molecule has 5 aliphatic carbocycles. The van der Waals surface area contributed by atoms with E-state index in [1.165, 1.54) is 63.4 Å². The topological polar surface area (TPSA) is 36.9 Å². The first-order valence-corrected chi connectivity index (χ1v) is 14.6. The molecule has 0 N–H and O–H groups in total. The Morgan fingerprint density at radius 3 is 2.29 bits per heavy atom. The Morgan fingerprint density at radius 1 is 0.886 bits per heavy atom. The Labute approximate surface area is 212 Å². The van der Waals surface area contributed by atoms with Crippen LogP contribution in [0.5, 0.6) is 5.75 Å². The van der Waals surface area contributed by atoms with Crippen LogP contribution in [0.3, 0.4) is 0 Å². The van der Waals surface area contributed by atoms with E-state index in [1.807, 2.05) is 0 Å². The molecule has 1 aliphatic heterocycles. The Hall–Kier alpha value is -1.10. The van der Waals surface area contributed by atoms with Gasteiger partial charge in [-0.3, -0.25) is 0 Å². The molecule has 0 radical (unpaired) electrons. The minimum atomic E-state index is -0.555. The molecular formula is C31H46O4. The second kappa shape index (κ2) is 9.33. The van der Waals surface area contributed by atoms with Crippen molar-refractivity contribution in [2.75, 3.05) is 6.61 Å². The largest absolute Gasteiger partial charge is 0.494 e. The Balaban J connectivity index is 1.03. The normalized spacial score (nSPS) is 40.1. The summed E-state index contributed by atoms with van der Waals surface area (Å²) in [5.74, 6) is 3.28.